The summed E-state index contributed by atoms with van der Waals surface area (Å²) in [6.07, 6.45) is 2.45. The highest BCUT2D eigenvalue weighted by atomic mass is 35.5. The lowest BCUT2D eigenvalue weighted by Crippen LogP contribution is -2.30. The van der Waals surface area contributed by atoms with Gasteiger partial charge in [0, 0.05) is 12.6 Å². The number of fused-ring (bicyclic) bond motifs is 2. The number of carbonyl (C=O) groups excluding carboxylic acids is 2. The third-order valence-corrected chi connectivity index (χ3v) is 6.67. The summed E-state index contributed by atoms with van der Waals surface area (Å²) < 4.78 is 14.6. The van der Waals surface area contributed by atoms with E-state index in [1.54, 1.807) is 19.1 Å². The molecule has 4 aromatic rings. The van der Waals surface area contributed by atoms with Crippen LogP contribution >= 0.6 is 11.6 Å². The summed E-state index contributed by atoms with van der Waals surface area (Å²) in [6, 6.07) is 8.36. The zero-order chi connectivity index (χ0) is 26.3. The minimum Gasteiger partial charge on any atom is -0.478 e. The molecule has 2 aromatic heterocycles. The van der Waals surface area contributed by atoms with E-state index in [-0.39, 0.29) is 40.3 Å². The smallest absolute Gasteiger partial charge is 0.335 e. The van der Waals surface area contributed by atoms with Gasteiger partial charge in [-0.1, -0.05) is 23.7 Å². The topological polar surface area (TPSA) is 139 Å². The van der Waals surface area contributed by atoms with Gasteiger partial charge in [0.1, 0.15) is 23.5 Å². The van der Waals surface area contributed by atoms with E-state index in [2.05, 4.69) is 25.7 Å². The van der Waals surface area contributed by atoms with Gasteiger partial charge in [0.15, 0.2) is 0 Å². The molecule has 5 rings (SSSR count). The molecule has 10 nitrogen and oxygen atoms in total. The Morgan fingerprint density at radius 3 is 2.76 bits per heavy atom. The van der Waals surface area contributed by atoms with Crippen LogP contribution < -0.4 is 10.6 Å². The average Bonchev–Trinajstić information content (AvgIpc) is 3.51. The fourth-order valence-electron chi connectivity index (χ4n) is 4.51. The standard InChI is InChI=1S/C25H20ClFN6O4/c1-12-14-5-7-19(16(14)4-3-15(12)24(36)37)31-23(35)21-9-20(32-25-29-11-30-33(21)25)22(34)28-10-13-2-6-18(27)17(26)8-13/h2-4,6,8-9,11,19H,5,7,10H2,1H3,(H,28,34)(H,31,35)(H,36,37)/t19-/m0/s1. The fraction of sp³-hybridized carbons (Fsp3) is 0.200. The number of carbonyl (C=O) groups is 3. The predicted octanol–water partition coefficient (Wildman–Crippen LogP) is 3.27. The summed E-state index contributed by atoms with van der Waals surface area (Å²) in [7, 11) is 0. The van der Waals surface area contributed by atoms with Crippen molar-refractivity contribution in [2.24, 2.45) is 0 Å². The highest BCUT2D eigenvalue weighted by Gasteiger charge is 2.29. The van der Waals surface area contributed by atoms with Gasteiger partial charge in [0.2, 0.25) is 0 Å². The van der Waals surface area contributed by atoms with Crippen molar-refractivity contribution in [1.29, 1.82) is 0 Å². The van der Waals surface area contributed by atoms with Crippen LogP contribution in [0.15, 0.2) is 42.7 Å². The Bertz CT molecular complexity index is 1590. The zero-order valence-corrected chi connectivity index (χ0v) is 20.2. The number of aromatic carboxylic acids is 1. The van der Waals surface area contributed by atoms with Crippen molar-refractivity contribution in [3.63, 3.8) is 0 Å². The van der Waals surface area contributed by atoms with Gasteiger partial charge < -0.3 is 15.7 Å². The zero-order valence-electron chi connectivity index (χ0n) is 19.5. The quantitative estimate of drug-likeness (QED) is 0.353. The van der Waals surface area contributed by atoms with Crippen LogP contribution in [-0.4, -0.2) is 42.5 Å². The Kier molecular flexibility index (Phi) is 6.30. The first kappa shape index (κ1) is 24.3. The van der Waals surface area contributed by atoms with Gasteiger partial charge in [-0.2, -0.15) is 14.6 Å². The van der Waals surface area contributed by atoms with Crippen LogP contribution in [0.25, 0.3) is 5.78 Å². The van der Waals surface area contributed by atoms with Crippen LogP contribution in [0.1, 0.15) is 66.1 Å². The summed E-state index contributed by atoms with van der Waals surface area (Å²) in [4.78, 5) is 45.8. The molecule has 2 amide bonds. The molecule has 37 heavy (non-hydrogen) atoms. The summed E-state index contributed by atoms with van der Waals surface area (Å²) in [5.41, 5.74) is 3.29. The van der Waals surface area contributed by atoms with Crippen LogP contribution in [0.2, 0.25) is 5.02 Å². The molecule has 2 aromatic carbocycles. The molecular weight excluding hydrogens is 503 g/mol. The molecule has 188 valence electrons. The van der Waals surface area contributed by atoms with E-state index < -0.39 is 23.6 Å². The number of carboxylic acids is 1. The minimum atomic E-state index is -0.994. The summed E-state index contributed by atoms with van der Waals surface area (Å²) >= 11 is 5.80. The largest absolute Gasteiger partial charge is 0.478 e. The maximum Gasteiger partial charge on any atom is 0.335 e. The summed E-state index contributed by atoms with van der Waals surface area (Å²) in [6.45, 7) is 1.83. The number of hydrogen-bond donors (Lipinski definition) is 3. The van der Waals surface area contributed by atoms with E-state index in [4.69, 9.17) is 11.6 Å². The van der Waals surface area contributed by atoms with E-state index in [9.17, 15) is 23.9 Å². The molecular formula is C25H20ClFN6O4. The molecule has 1 aliphatic carbocycles. The Hall–Kier alpha value is -4.38. The molecule has 3 N–H and O–H groups in total. The van der Waals surface area contributed by atoms with Crippen molar-refractivity contribution < 1.29 is 23.9 Å². The van der Waals surface area contributed by atoms with Gasteiger partial charge in [0.25, 0.3) is 17.6 Å². The van der Waals surface area contributed by atoms with E-state index >= 15 is 0 Å². The lowest BCUT2D eigenvalue weighted by molar-refractivity contribution is 0.0695. The van der Waals surface area contributed by atoms with Crippen molar-refractivity contribution in [2.75, 3.05) is 0 Å². The van der Waals surface area contributed by atoms with Gasteiger partial charge in [-0.3, -0.25) is 9.59 Å². The van der Waals surface area contributed by atoms with E-state index in [1.807, 2.05) is 0 Å². The SMILES string of the molecule is Cc1c(C(=O)O)ccc2c1CC[C@@H]2NC(=O)c1cc(C(=O)NCc2ccc(F)c(Cl)c2)nc2ncnn12. The van der Waals surface area contributed by atoms with Crippen molar-refractivity contribution >= 4 is 35.2 Å². The highest BCUT2D eigenvalue weighted by molar-refractivity contribution is 6.30. The van der Waals surface area contributed by atoms with Crippen molar-refractivity contribution in [2.45, 2.75) is 32.4 Å². The Labute approximate surface area is 214 Å². The molecule has 0 saturated carbocycles. The summed E-state index contributed by atoms with van der Waals surface area (Å²) in [5.74, 6) is -2.55. The number of benzene rings is 2. The monoisotopic (exact) mass is 522 g/mol. The van der Waals surface area contributed by atoms with Crippen LogP contribution in [-0.2, 0) is 13.0 Å². The van der Waals surface area contributed by atoms with Crippen molar-refractivity contribution in [3.8, 4) is 0 Å². The maximum atomic E-state index is 13.4. The van der Waals surface area contributed by atoms with Crippen molar-refractivity contribution in [1.82, 2.24) is 30.2 Å². The second-order valence-corrected chi connectivity index (χ2v) is 9.01. The number of carboxylic acid groups (broad SMARTS) is 1. The first-order valence-electron chi connectivity index (χ1n) is 11.3. The Morgan fingerprint density at radius 1 is 1.19 bits per heavy atom. The summed E-state index contributed by atoms with van der Waals surface area (Å²) in [5, 5.41) is 19.0. The van der Waals surface area contributed by atoms with Crippen molar-refractivity contribution in [3.05, 3.63) is 92.8 Å². The minimum absolute atomic E-state index is 0.0485. The number of amides is 2. The molecule has 12 heteroatoms. The van der Waals surface area contributed by atoms with E-state index in [0.29, 0.717) is 24.0 Å². The average molecular weight is 523 g/mol. The molecule has 0 bridgehead atoms. The number of rotatable bonds is 6. The number of hydrogen-bond acceptors (Lipinski definition) is 6. The molecule has 1 aliphatic rings. The van der Waals surface area contributed by atoms with Crippen LogP contribution in [0.5, 0.6) is 0 Å². The Morgan fingerprint density at radius 2 is 2.00 bits per heavy atom. The molecule has 0 radical (unpaired) electrons. The normalized spacial score (nSPS) is 14.4. The predicted molar refractivity (Wildman–Crippen MR) is 130 cm³/mol. The maximum absolute atomic E-state index is 13.4. The first-order chi connectivity index (χ1) is 17.7. The van der Waals surface area contributed by atoms with Crippen LogP contribution in [0.3, 0.4) is 0 Å². The second-order valence-electron chi connectivity index (χ2n) is 8.61. The van der Waals surface area contributed by atoms with Gasteiger partial charge in [0.05, 0.1) is 16.6 Å². The molecule has 0 spiro atoms. The third-order valence-electron chi connectivity index (χ3n) is 6.38. The van der Waals surface area contributed by atoms with Gasteiger partial charge in [-0.05, 0) is 60.2 Å². The molecule has 1 atom stereocenters. The van der Waals surface area contributed by atoms with Crippen LogP contribution in [0.4, 0.5) is 4.39 Å². The lowest BCUT2D eigenvalue weighted by atomic mass is 9.98. The van der Waals surface area contributed by atoms with E-state index in [1.165, 1.54) is 35.1 Å². The van der Waals surface area contributed by atoms with Crippen LogP contribution in [0, 0.1) is 12.7 Å². The van der Waals surface area contributed by atoms with Gasteiger partial charge in [-0.15, -0.1) is 0 Å². The molecule has 0 aliphatic heterocycles. The number of nitrogens with one attached hydrogen (secondary N) is 2. The lowest BCUT2D eigenvalue weighted by Gasteiger charge is -2.16. The molecule has 0 unspecified atom stereocenters. The fourth-order valence-corrected chi connectivity index (χ4v) is 4.71. The second kappa shape index (κ2) is 9.58. The molecule has 0 saturated heterocycles. The first-order valence-corrected chi connectivity index (χ1v) is 11.7. The van der Waals surface area contributed by atoms with E-state index in [0.717, 1.165) is 11.1 Å². The molecule has 2 heterocycles. The number of nitrogens with zero attached hydrogens (tertiary/aromatic N) is 4. The number of aromatic nitrogens is 4. The van der Waals surface area contributed by atoms with Gasteiger partial charge >= 0.3 is 5.97 Å². The molecule has 0 fully saturated rings. The highest BCUT2D eigenvalue weighted by Crippen LogP contribution is 2.35. The third kappa shape index (κ3) is 4.60. The van der Waals surface area contributed by atoms with Gasteiger partial charge in [-0.25, -0.2) is 14.2 Å². The Balaban J connectivity index is 1.37. The number of halogens is 2.